The van der Waals surface area contributed by atoms with Crippen LogP contribution < -0.4 is 0 Å². The zero-order chi connectivity index (χ0) is 17.8. The first-order valence-corrected chi connectivity index (χ1v) is 9.71. The summed E-state index contributed by atoms with van der Waals surface area (Å²) >= 11 is 0. The first-order valence-electron chi connectivity index (χ1n) is 9.71. The van der Waals surface area contributed by atoms with Crippen LogP contribution in [0, 0.1) is 6.92 Å². The van der Waals surface area contributed by atoms with Gasteiger partial charge in [0.05, 0.1) is 6.54 Å². The number of fused-ring (bicyclic) bond motifs is 1. The van der Waals surface area contributed by atoms with Crippen molar-refractivity contribution in [2.24, 2.45) is 12.0 Å². The number of aryl methyl sites for hydroxylation is 2. The molecule has 1 aliphatic heterocycles. The van der Waals surface area contributed by atoms with Crippen LogP contribution in [-0.2, 0) is 7.05 Å². The molecule has 0 spiro atoms. The molecule has 1 fully saturated rings. The Balaban J connectivity index is 1.53. The summed E-state index contributed by atoms with van der Waals surface area (Å²) in [7, 11) is 2.05. The van der Waals surface area contributed by atoms with Crippen LogP contribution in [-0.4, -0.2) is 40.2 Å². The monoisotopic (exact) mass is 347 g/mol. The van der Waals surface area contributed by atoms with E-state index >= 15 is 0 Å². The van der Waals surface area contributed by atoms with Gasteiger partial charge < -0.3 is 9.47 Å². The Hall–Kier alpha value is -2.36. The maximum absolute atomic E-state index is 13.7. The van der Waals surface area contributed by atoms with Crippen LogP contribution in [0.25, 0.3) is 10.9 Å². The fourth-order valence-corrected chi connectivity index (χ4v) is 4.80. The number of hydrogen-bond acceptors (Lipinski definition) is 2. The maximum atomic E-state index is 13.7. The van der Waals surface area contributed by atoms with Gasteiger partial charge in [0.2, 0.25) is 0 Å². The number of carbonyl (C=O) groups is 1. The lowest BCUT2D eigenvalue weighted by Crippen LogP contribution is -2.43. The van der Waals surface area contributed by atoms with Gasteiger partial charge >= 0.3 is 0 Å². The van der Waals surface area contributed by atoms with Crippen LogP contribution in [0.2, 0.25) is 0 Å². The quantitative estimate of drug-likeness (QED) is 0.826. The molecule has 2 aromatic rings. The minimum absolute atomic E-state index is 0.219. The Morgan fingerprint density at radius 2 is 2.08 bits per heavy atom. The fourth-order valence-electron chi connectivity index (χ4n) is 4.80. The molecule has 0 radical (unpaired) electrons. The molecule has 1 saturated carbocycles. The van der Waals surface area contributed by atoms with Crippen molar-refractivity contribution in [2.75, 3.05) is 6.54 Å². The SMILES string of the molecule is Cc1cn(C)c2cccc(C(=O)N(C3CC3)C3CCC4=C(C=NC4)C3)c12. The van der Waals surface area contributed by atoms with E-state index in [9.17, 15) is 4.79 Å². The van der Waals surface area contributed by atoms with Gasteiger partial charge in [0.15, 0.2) is 0 Å². The normalized spacial score (nSPS) is 22.2. The lowest BCUT2D eigenvalue weighted by Gasteiger charge is -2.35. The molecule has 5 rings (SSSR count). The Bertz CT molecular complexity index is 961. The van der Waals surface area contributed by atoms with Gasteiger partial charge in [0, 0.05) is 48.0 Å². The number of aromatic nitrogens is 1. The number of hydrogen-bond donors (Lipinski definition) is 0. The fraction of sp³-hybridized carbons (Fsp3) is 0.455. The van der Waals surface area contributed by atoms with Crippen molar-refractivity contribution < 1.29 is 4.79 Å². The van der Waals surface area contributed by atoms with Gasteiger partial charge in [0.1, 0.15) is 0 Å². The molecule has 3 aliphatic rings. The highest BCUT2D eigenvalue weighted by Gasteiger charge is 2.40. The molecule has 2 heterocycles. The molecule has 1 unspecified atom stereocenters. The zero-order valence-corrected chi connectivity index (χ0v) is 15.5. The van der Waals surface area contributed by atoms with Crippen molar-refractivity contribution in [2.45, 2.75) is 51.1 Å². The third-order valence-electron chi connectivity index (χ3n) is 6.22. The lowest BCUT2D eigenvalue weighted by atomic mass is 9.88. The van der Waals surface area contributed by atoms with Crippen LogP contribution in [0.1, 0.15) is 48.0 Å². The first-order chi connectivity index (χ1) is 12.6. The largest absolute Gasteiger partial charge is 0.350 e. The molecular weight excluding hydrogens is 322 g/mol. The lowest BCUT2D eigenvalue weighted by molar-refractivity contribution is 0.0647. The predicted molar refractivity (Wildman–Crippen MR) is 105 cm³/mol. The van der Waals surface area contributed by atoms with Crippen molar-refractivity contribution in [1.82, 2.24) is 9.47 Å². The van der Waals surface area contributed by atoms with Gasteiger partial charge in [-0.25, -0.2) is 0 Å². The molecular formula is C22H25N3O. The molecule has 1 atom stereocenters. The summed E-state index contributed by atoms with van der Waals surface area (Å²) in [4.78, 5) is 20.3. The average Bonchev–Trinajstić information content (AvgIpc) is 3.28. The number of aliphatic imine (C=N–C) groups is 1. The smallest absolute Gasteiger partial charge is 0.255 e. The van der Waals surface area contributed by atoms with E-state index in [0.29, 0.717) is 12.1 Å². The Labute approximate surface area is 154 Å². The highest BCUT2D eigenvalue weighted by atomic mass is 16.2. The third-order valence-corrected chi connectivity index (χ3v) is 6.22. The van der Waals surface area contributed by atoms with Crippen LogP contribution in [0.4, 0.5) is 0 Å². The van der Waals surface area contributed by atoms with E-state index in [1.807, 2.05) is 18.3 Å². The van der Waals surface area contributed by atoms with Crippen LogP contribution in [0.15, 0.2) is 40.5 Å². The highest BCUT2D eigenvalue weighted by Crippen LogP contribution is 2.38. The second kappa shape index (κ2) is 5.83. The molecule has 2 aliphatic carbocycles. The van der Waals surface area contributed by atoms with Crippen molar-refractivity contribution >= 4 is 23.0 Å². The molecule has 134 valence electrons. The summed E-state index contributed by atoms with van der Waals surface area (Å²) in [6, 6.07) is 6.88. The van der Waals surface area contributed by atoms with E-state index < -0.39 is 0 Å². The highest BCUT2D eigenvalue weighted by molar-refractivity contribution is 6.08. The summed E-state index contributed by atoms with van der Waals surface area (Å²) < 4.78 is 2.12. The second-order valence-electron chi connectivity index (χ2n) is 8.06. The van der Waals surface area contributed by atoms with Crippen LogP contribution >= 0.6 is 0 Å². The summed E-state index contributed by atoms with van der Waals surface area (Å²) in [6.45, 7) is 2.98. The molecule has 1 aromatic heterocycles. The molecule has 1 amide bonds. The second-order valence-corrected chi connectivity index (χ2v) is 8.06. The molecule has 0 bridgehead atoms. The minimum atomic E-state index is 0.219. The van der Waals surface area contributed by atoms with Crippen molar-refractivity contribution in [3.8, 4) is 0 Å². The maximum Gasteiger partial charge on any atom is 0.255 e. The standard InChI is InChI=1S/C22H25N3O/c1-14-13-24(2)20-5-3-4-19(21(14)20)22(26)25(17-8-9-17)18-7-6-15-11-23-12-16(15)10-18/h3-5,12-13,17-18H,6-11H2,1-2H3. The average molecular weight is 347 g/mol. The van der Waals surface area contributed by atoms with E-state index in [4.69, 9.17) is 0 Å². The molecule has 0 saturated heterocycles. The number of nitrogens with zero attached hydrogens (tertiary/aromatic N) is 3. The first kappa shape index (κ1) is 15.9. The summed E-state index contributed by atoms with van der Waals surface area (Å²) in [5.74, 6) is 0.219. The summed E-state index contributed by atoms with van der Waals surface area (Å²) in [5.41, 5.74) is 6.06. The van der Waals surface area contributed by atoms with Gasteiger partial charge in [0.25, 0.3) is 5.91 Å². The van der Waals surface area contributed by atoms with Crippen molar-refractivity contribution in [3.05, 3.63) is 46.7 Å². The van der Waals surface area contributed by atoms with Gasteiger partial charge in [-0.1, -0.05) is 6.07 Å². The minimum Gasteiger partial charge on any atom is -0.350 e. The Morgan fingerprint density at radius 1 is 1.23 bits per heavy atom. The molecule has 4 nitrogen and oxygen atoms in total. The van der Waals surface area contributed by atoms with Crippen LogP contribution in [0.5, 0.6) is 0 Å². The molecule has 4 heteroatoms. The number of benzene rings is 1. The van der Waals surface area contributed by atoms with Crippen LogP contribution in [0.3, 0.4) is 0 Å². The molecule has 1 aromatic carbocycles. The van der Waals surface area contributed by atoms with Gasteiger partial charge in [-0.2, -0.15) is 0 Å². The topological polar surface area (TPSA) is 37.6 Å². The van der Waals surface area contributed by atoms with Crippen molar-refractivity contribution in [3.63, 3.8) is 0 Å². The predicted octanol–water partition coefficient (Wildman–Crippen LogP) is 4.02. The summed E-state index contributed by atoms with van der Waals surface area (Å²) in [5, 5.41) is 1.11. The van der Waals surface area contributed by atoms with E-state index in [0.717, 1.165) is 55.1 Å². The molecule has 26 heavy (non-hydrogen) atoms. The van der Waals surface area contributed by atoms with Gasteiger partial charge in [-0.3, -0.25) is 9.79 Å². The van der Waals surface area contributed by atoms with Crippen molar-refractivity contribution in [1.29, 1.82) is 0 Å². The van der Waals surface area contributed by atoms with E-state index in [-0.39, 0.29) is 5.91 Å². The number of amides is 1. The van der Waals surface area contributed by atoms with Gasteiger partial charge in [-0.15, -0.1) is 0 Å². The number of carbonyl (C=O) groups excluding carboxylic acids is 1. The molecule has 0 N–H and O–H groups in total. The Morgan fingerprint density at radius 3 is 2.88 bits per heavy atom. The van der Waals surface area contributed by atoms with E-state index in [1.165, 1.54) is 16.7 Å². The van der Waals surface area contributed by atoms with Gasteiger partial charge in [-0.05, 0) is 67.9 Å². The zero-order valence-electron chi connectivity index (χ0n) is 15.5. The van der Waals surface area contributed by atoms with E-state index in [1.54, 1.807) is 0 Å². The van der Waals surface area contributed by atoms with E-state index in [2.05, 4.69) is 40.7 Å². The summed E-state index contributed by atoms with van der Waals surface area (Å²) in [6.07, 6.45) is 9.59. The third kappa shape index (κ3) is 2.43. The Kier molecular flexibility index (Phi) is 3.56. The number of rotatable bonds is 3.